The van der Waals surface area contributed by atoms with Gasteiger partial charge in [-0.05, 0) is 36.4 Å². The smallest absolute Gasteiger partial charge is 0.282 e. The Labute approximate surface area is 169 Å². The van der Waals surface area contributed by atoms with Gasteiger partial charge in [0.25, 0.3) is 5.89 Å². The van der Waals surface area contributed by atoms with Crippen LogP contribution in [-0.4, -0.2) is 30.9 Å². The second-order valence-corrected chi connectivity index (χ2v) is 7.34. The van der Waals surface area contributed by atoms with E-state index in [4.69, 9.17) is 25.6 Å². The maximum Gasteiger partial charge on any atom is 0.282 e. The van der Waals surface area contributed by atoms with Crippen LogP contribution in [-0.2, 0) is 6.54 Å². The van der Waals surface area contributed by atoms with Crippen LogP contribution in [0.4, 0.5) is 0 Å². The third-order valence-corrected chi connectivity index (χ3v) is 5.50. The number of methoxy groups -OCH3 is 2. The summed E-state index contributed by atoms with van der Waals surface area (Å²) in [7, 11) is 3.36. The largest absolute Gasteiger partial charge is 0.497 e. The van der Waals surface area contributed by atoms with Crippen LogP contribution in [0.15, 0.2) is 47.0 Å². The average Bonchev–Trinajstić information content (AvgIpc) is 3.38. The molecule has 0 amide bonds. The van der Waals surface area contributed by atoms with Crippen LogP contribution in [0.2, 0.25) is 5.02 Å². The van der Waals surface area contributed by atoms with Crippen molar-refractivity contribution in [2.45, 2.75) is 25.4 Å². The summed E-state index contributed by atoms with van der Waals surface area (Å²) >= 11 is 5.95. The van der Waals surface area contributed by atoms with Gasteiger partial charge in [-0.2, -0.15) is 4.98 Å². The minimum Gasteiger partial charge on any atom is -0.497 e. The molecule has 2 heterocycles. The molecule has 7 heteroatoms. The number of nitrogens with one attached hydrogen (secondary N) is 1. The number of halogens is 1. The third-order valence-electron chi connectivity index (χ3n) is 5.25. The lowest BCUT2D eigenvalue weighted by atomic mass is 10.0. The summed E-state index contributed by atoms with van der Waals surface area (Å²) in [4.78, 5) is 5.98. The molecule has 0 radical (unpaired) electrons. The fourth-order valence-electron chi connectivity index (χ4n) is 3.84. The molecule has 1 aliphatic rings. The highest BCUT2D eigenvalue weighted by molar-refractivity contribution is 6.30. The number of ether oxygens (including phenoxy) is 2. The van der Waals surface area contributed by atoms with Crippen molar-refractivity contribution in [2.75, 3.05) is 20.8 Å². The van der Waals surface area contributed by atoms with E-state index in [-0.39, 0.29) is 0 Å². The summed E-state index contributed by atoms with van der Waals surface area (Å²) in [6, 6.07) is 13.8. The first-order valence-electron chi connectivity index (χ1n) is 9.33. The van der Waals surface area contributed by atoms with Crippen molar-refractivity contribution in [3.05, 3.63) is 58.9 Å². The molecule has 1 aromatic heterocycles. The minimum absolute atomic E-state index is 0.326. The quantitative estimate of drug-likeness (QED) is 0.687. The number of rotatable bonds is 6. The van der Waals surface area contributed by atoms with Crippen molar-refractivity contribution in [2.24, 2.45) is 0 Å². The number of aromatic nitrogens is 2. The first-order valence-corrected chi connectivity index (χ1v) is 9.70. The number of benzene rings is 2. The maximum absolute atomic E-state index is 5.95. The van der Waals surface area contributed by atoms with E-state index in [1.54, 1.807) is 14.2 Å². The Balaban J connectivity index is 1.53. The molecule has 1 saturated heterocycles. The van der Waals surface area contributed by atoms with Crippen molar-refractivity contribution in [1.29, 1.82) is 0 Å². The van der Waals surface area contributed by atoms with E-state index in [0.717, 1.165) is 36.4 Å². The molecule has 146 valence electrons. The van der Waals surface area contributed by atoms with E-state index in [1.165, 1.54) is 10.5 Å². The van der Waals surface area contributed by atoms with Gasteiger partial charge in [0.05, 0.1) is 26.3 Å². The van der Waals surface area contributed by atoms with E-state index in [1.807, 2.05) is 36.4 Å². The molecule has 1 unspecified atom stereocenters. The zero-order valence-electron chi connectivity index (χ0n) is 15.9. The van der Waals surface area contributed by atoms with Crippen molar-refractivity contribution >= 4 is 11.6 Å². The fourth-order valence-corrected chi connectivity index (χ4v) is 3.97. The van der Waals surface area contributed by atoms with Crippen molar-refractivity contribution in [1.82, 2.24) is 10.1 Å². The van der Waals surface area contributed by atoms with E-state index in [0.29, 0.717) is 29.3 Å². The Morgan fingerprint density at radius 3 is 2.71 bits per heavy atom. The van der Waals surface area contributed by atoms with E-state index < -0.39 is 0 Å². The molecule has 0 saturated carbocycles. The van der Waals surface area contributed by atoms with Crippen LogP contribution in [0.5, 0.6) is 11.5 Å². The predicted molar refractivity (Wildman–Crippen MR) is 106 cm³/mol. The van der Waals surface area contributed by atoms with Crippen molar-refractivity contribution < 1.29 is 18.9 Å². The second kappa shape index (κ2) is 8.20. The van der Waals surface area contributed by atoms with E-state index >= 15 is 0 Å². The topological polar surface area (TPSA) is 61.8 Å². The van der Waals surface area contributed by atoms with Gasteiger partial charge in [0, 0.05) is 29.5 Å². The summed E-state index contributed by atoms with van der Waals surface area (Å²) in [6.45, 7) is 1.74. The van der Waals surface area contributed by atoms with Crippen LogP contribution >= 0.6 is 11.6 Å². The number of hydrogen-bond acceptors (Lipinski definition) is 5. The molecule has 0 spiro atoms. The van der Waals surface area contributed by atoms with Crippen LogP contribution in [0.3, 0.4) is 0 Å². The van der Waals surface area contributed by atoms with Gasteiger partial charge in [-0.15, -0.1) is 0 Å². The Bertz CT molecular complexity index is 942. The highest BCUT2D eigenvalue weighted by Crippen LogP contribution is 2.32. The van der Waals surface area contributed by atoms with Gasteiger partial charge in [0.1, 0.15) is 17.5 Å². The molecule has 0 aliphatic carbocycles. The monoisotopic (exact) mass is 400 g/mol. The molecule has 6 nitrogen and oxygen atoms in total. The number of likely N-dealkylation sites (tertiary alicyclic amines) is 1. The standard InChI is InChI=1S/C21H22ClN3O3/c1-26-16-9-10-17(19(12-16)27-2)18-4-3-11-25(18)13-20-23-21(24-28-20)14-5-7-15(22)8-6-14/h5-10,12,18H,3-4,11,13H2,1-2H3/p+1/t18-/m0/s1. The van der Waals surface area contributed by atoms with Gasteiger partial charge >= 0.3 is 0 Å². The molecule has 1 N–H and O–H groups in total. The summed E-state index contributed by atoms with van der Waals surface area (Å²) in [5.41, 5.74) is 2.08. The first-order chi connectivity index (χ1) is 13.7. The highest BCUT2D eigenvalue weighted by atomic mass is 35.5. The van der Waals surface area contributed by atoms with Gasteiger partial charge in [-0.1, -0.05) is 16.8 Å². The lowest BCUT2D eigenvalue weighted by Gasteiger charge is -2.22. The van der Waals surface area contributed by atoms with Crippen molar-refractivity contribution in [3.63, 3.8) is 0 Å². The van der Waals surface area contributed by atoms with Gasteiger partial charge in [0.15, 0.2) is 6.54 Å². The molecule has 1 fully saturated rings. The van der Waals surface area contributed by atoms with Crippen LogP contribution in [0, 0.1) is 0 Å². The molecular formula is C21H23ClN3O3+. The summed E-state index contributed by atoms with van der Waals surface area (Å²) < 4.78 is 16.5. The predicted octanol–water partition coefficient (Wildman–Crippen LogP) is 3.33. The molecule has 28 heavy (non-hydrogen) atoms. The number of hydrogen-bond donors (Lipinski definition) is 1. The lowest BCUT2D eigenvalue weighted by molar-refractivity contribution is -0.933. The van der Waals surface area contributed by atoms with Crippen molar-refractivity contribution in [3.8, 4) is 22.9 Å². The SMILES string of the molecule is COc1ccc([C@@H]2CCC[NH+]2Cc2nc(-c3ccc(Cl)cc3)no2)c(OC)c1. The average molecular weight is 401 g/mol. The number of nitrogens with zero attached hydrogens (tertiary/aromatic N) is 2. The van der Waals surface area contributed by atoms with Gasteiger partial charge < -0.3 is 18.9 Å². The van der Waals surface area contributed by atoms with Gasteiger partial charge in [-0.25, -0.2) is 0 Å². The molecular weight excluding hydrogens is 378 g/mol. The molecule has 3 aromatic rings. The molecule has 1 aliphatic heterocycles. The maximum atomic E-state index is 5.95. The zero-order chi connectivity index (χ0) is 19.5. The molecule has 2 atom stereocenters. The number of quaternary nitrogens is 1. The lowest BCUT2D eigenvalue weighted by Crippen LogP contribution is -3.09. The summed E-state index contributed by atoms with van der Waals surface area (Å²) in [6.07, 6.45) is 2.24. The Hall–Kier alpha value is -2.57. The van der Waals surface area contributed by atoms with Gasteiger partial charge in [-0.3, -0.25) is 0 Å². The zero-order valence-corrected chi connectivity index (χ0v) is 16.7. The normalized spacial score (nSPS) is 19.0. The summed E-state index contributed by atoms with van der Waals surface area (Å²) in [5.74, 6) is 2.88. The Morgan fingerprint density at radius 2 is 1.96 bits per heavy atom. The second-order valence-electron chi connectivity index (χ2n) is 6.91. The Kier molecular flexibility index (Phi) is 5.50. The molecule has 2 aromatic carbocycles. The minimum atomic E-state index is 0.326. The highest BCUT2D eigenvalue weighted by Gasteiger charge is 2.33. The van der Waals surface area contributed by atoms with Crippen LogP contribution in [0.25, 0.3) is 11.4 Å². The summed E-state index contributed by atoms with van der Waals surface area (Å²) in [5, 5.41) is 4.81. The fraction of sp³-hybridized carbons (Fsp3) is 0.333. The third kappa shape index (κ3) is 3.84. The van der Waals surface area contributed by atoms with Crippen LogP contribution < -0.4 is 14.4 Å². The molecule has 0 bridgehead atoms. The van der Waals surface area contributed by atoms with Gasteiger partial charge in [0.2, 0.25) is 5.82 Å². The van der Waals surface area contributed by atoms with Crippen LogP contribution in [0.1, 0.15) is 30.3 Å². The van der Waals surface area contributed by atoms with E-state index in [2.05, 4.69) is 16.2 Å². The first kappa shape index (κ1) is 18.8. The Morgan fingerprint density at radius 1 is 1.14 bits per heavy atom. The molecule has 4 rings (SSSR count). The van der Waals surface area contributed by atoms with E-state index in [9.17, 15) is 0 Å².